The molecular formula is C20H14N6OS2. The standard InChI is InChI=1S/C20H14N6OS2/c1-13-12-28-19(22-13)23-17(27)15(11-21)10-16-8-5-9-26(16)20-25-24-18(29-20)14-6-3-2-4-7-14/h2-10,12H,1H3,(H,22,23,27)/b15-10-. The number of hydrogen-bond donors (Lipinski definition) is 1. The van der Waals surface area contributed by atoms with E-state index in [-0.39, 0.29) is 5.57 Å². The zero-order valence-corrected chi connectivity index (χ0v) is 16.9. The van der Waals surface area contributed by atoms with E-state index in [4.69, 9.17) is 0 Å². The molecule has 0 unspecified atom stereocenters. The fourth-order valence-electron chi connectivity index (χ4n) is 2.57. The fourth-order valence-corrected chi connectivity index (χ4v) is 4.11. The molecule has 1 aromatic carbocycles. The first-order chi connectivity index (χ1) is 14.1. The summed E-state index contributed by atoms with van der Waals surface area (Å²) in [6.45, 7) is 1.84. The number of anilines is 1. The maximum atomic E-state index is 12.4. The molecule has 142 valence electrons. The Bertz CT molecular complexity index is 1230. The lowest BCUT2D eigenvalue weighted by molar-refractivity contribution is -0.112. The van der Waals surface area contributed by atoms with Crippen molar-refractivity contribution in [1.82, 2.24) is 19.7 Å². The topological polar surface area (TPSA) is 96.5 Å². The van der Waals surface area contributed by atoms with Crippen molar-refractivity contribution in [2.75, 3.05) is 5.32 Å². The molecule has 0 aliphatic heterocycles. The Labute approximate surface area is 174 Å². The highest BCUT2D eigenvalue weighted by molar-refractivity contribution is 7.17. The van der Waals surface area contributed by atoms with Gasteiger partial charge in [0, 0.05) is 22.8 Å². The number of hydrogen-bond acceptors (Lipinski definition) is 7. The van der Waals surface area contributed by atoms with Crippen LogP contribution in [-0.2, 0) is 4.79 Å². The molecule has 0 radical (unpaired) electrons. The maximum absolute atomic E-state index is 12.4. The van der Waals surface area contributed by atoms with Crippen LogP contribution in [-0.4, -0.2) is 25.7 Å². The second kappa shape index (κ2) is 8.18. The zero-order chi connectivity index (χ0) is 20.2. The van der Waals surface area contributed by atoms with E-state index in [0.29, 0.717) is 16.0 Å². The third-order valence-corrected chi connectivity index (χ3v) is 5.77. The van der Waals surface area contributed by atoms with Crippen LogP contribution in [0.2, 0.25) is 0 Å². The summed E-state index contributed by atoms with van der Waals surface area (Å²) in [6, 6.07) is 15.4. The van der Waals surface area contributed by atoms with Gasteiger partial charge >= 0.3 is 0 Å². The van der Waals surface area contributed by atoms with Crippen molar-refractivity contribution in [3.8, 4) is 21.8 Å². The quantitative estimate of drug-likeness (QED) is 0.385. The second-order valence-corrected chi connectivity index (χ2v) is 7.79. The molecule has 0 saturated carbocycles. The van der Waals surface area contributed by atoms with E-state index < -0.39 is 5.91 Å². The molecular weight excluding hydrogens is 404 g/mol. The number of carbonyl (C=O) groups is 1. The van der Waals surface area contributed by atoms with Crippen LogP contribution >= 0.6 is 22.7 Å². The molecule has 3 heterocycles. The average Bonchev–Trinajstić information content (AvgIpc) is 3.47. The van der Waals surface area contributed by atoms with Crippen molar-refractivity contribution in [3.05, 3.63) is 71.0 Å². The Morgan fingerprint density at radius 1 is 1.21 bits per heavy atom. The number of aryl methyl sites for hydroxylation is 1. The summed E-state index contributed by atoms with van der Waals surface area (Å²) in [5.74, 6) is -0.503. The summed E-state index contributed by atoms with van der Waals surface area (Å²) in [5, 5.41) is 24.4. The SMILES string of the molecule is Cc1csc(NC(=O)/C(C#N)=C\c2cccn2-c2nnc(-c3ccccc3)s2)n1. The molecule has 0 aliphatic rings. The van der Waals surface area contributed by atoms with Crippen molar-refractivity contribution < 1.29 is 4.79 Å². The van der Waals surface area contributed by atoms with E-state index in [1.807, 2.05) is 67.0 Å². The lowest BCUT2D eigenvalue weighted by Crippen LogP contribution is -2.13. The van der Waals surface area contributed by atoms with Crippen LogP contribution in [0.5, 0.6) is 0 Å². The molecule has 0 spiro atoms. The Morgan fingerprint density at radius 2 is 2.03 bits per heavy atom. The minimum atomic E-state index is -0.503. The predicted octanol–water partition coefficient (Wildman–Crippen LogP) is 4.31. The number of benzene rings is 1. The van der Waals surface area contributed by atoms with Crippen molar-refractivity contribution in [2.24, 2.45) is 0 Å². The summed E-state index contributed by atoms with van der Waals surface area (Å²) in [7, 11) is 0. The molecule has 7 nitrogen and oxygen atoms in total. The molecule has 0 saturated heterocycles. The fraction of sp³-hybridized carbons (Fsp3) is 0.0500. The summed E-state index contributed by atoms with van der Waals surface area (Å²) >= 11 is 2.74. The van der Waals surface area contributed by atoms with Gasteiger partial charge in [0.15, 0.2) is 5.13 Å². The molecule has 0 fully saturated rings. The lowest BCUT2D eigenvalue weighted by atomic mass is 10.2. The van der Waals surface area contributed by atoms with Gasteiger partial charge in [-0.1, -0.05) is 41.7 Å². The number of nitrogens with one attached hydrogen (secondary N) is 1. The van der Waals surface area contributed by atoms with Crippen molar-refractivity contribution in [2.45, 2.75) is 6.92 Å². The third-order valence-electron chi connectivity index (χ3n) is 3.92. The molecule has 29 heavy (non-hydrogen) atoms. The molecule has 0 bridgehead atoms. The predicted molar refractivity (Wildman–Crippen MR) is 114 cm³/mol. The Morgan fingerprint density at radius 3 is 2.76 bits per heavy atom. The van der Waals surface area contributed by atoms with Gasteiger partial charge in [0.25, 0.3) is 5.91 Å². The summed E-state index contributed by atoms with van der Waals surface area (Å²) in [5.41, 5.74) is 2.43. The Kier molecular flexibility index (Phi) is 5.29. The number of nitrogens with zero attached hydrogens (tertiary/aromatic N) is 5. The number of rotatable bonds is 5. The normalized spacial score (nSPS) is 11.2. The maximum Gasteiger partial charge on any atom is 0.268 e. The van der Waals surface area contributed by atoms with Crippen molar-refractivity contribution >= 4 is 39.8 Å². The third kappa shape index (κ3) is 4.13. The van der Waals surface area contributed by atoms with Crippen molar-refractivity contribution in [1.29, 1.82) is 5.26 Å². The molecule has 1 amide bonds. The number of thiazole rings is 1. The summed E-state index contributed by atoms with van der Waals surface area (Å²) in [6.07, 6.45) is 3.34. The Balaban J connectivity index is 1.61. The molecule has 4 rings (SSSR count). The minimum absolute atomic E-state index is 0.0226. The summed E-state index contributed by atoms with van der Waals surface area (Å²) < 4.78 is 1.79. The van der Waals surface area contributed by atoms with Gasteiger partial charge in [-0.2, -0.15) is 5.26 Å². The molecule has 4 aromatic rings. The summed E-state index contributed by atoms with van der Waals surface area (Å²) in [4.78, 5) is 16.6. The number of amides is 1. The molecule has 9 heteroatoms. The highest BCUT2D eigenvalue weighted by Gasteiger charge is 2.14. The largest absolute Gasteiger partial charge is 0.297 e. The zero-order valence-electron chi connectivity index (χ0n) is 15.2. The van der Waals surface area contributed by atoms with Crippen LogP contribution in [0.25, 0.3) is 21.8 Å². The first kappa shape index (κ1) is 18.7. The van der Waals surface area contributed by atoms with Gasteiger partial charge in [0.2, 0.25) is 5.13 Å². The number of aromatic nitrogens is 4. The molecule has 0 atom stereocenters. The van der Waals surface area contributed by atoms with Crippen LogP contribution < -0.4 is 5.32 Å². The average molecular weight is 419 g/mol. The number of nitriles is 1. The van der Waals surface area contributed by atoms with E-state index in [9.17, 15) is 10.1 Å². The molecule has 0 aliphatic carbocycles. The highest BCUT2D eigenvalue weighted by atomic mass is 32.1. The van der Waals surface area contributed by atoms with Gasteiger partial charge in [-0.3, -0.25) is 14.7 Å². The van der Waals surface area contributed by atoms with Gasteiger partial charge in [0.05, 0.1) is 5.69 Å². The van der Waals surface area contributed by atoms with Crippen molar-refractivity contribution in [3.63, 3.8) is 0 Å². The van der Waals surface area contributed by atoms with E-state index in [2.05, 4.69) is 20.5 Å². The van der Waals surface area contributed by atoms with Crippen LogP contribution in [0, 0.1) is 18.3 Å². The molecule has 3 aromatic heterocycles. The van der Waals surface area contributed by atoms with Crippen LogP contribution in [0.1, 0.15) is 11.4 Å². The highest BCUT2D eigenvalue weighted by Crippen LogP contribution is 2.27. The monoisotopic (exact) mass is 418 g/mol. The smallest absolute Gasteiger partial charge is 0.268 e. The van der Waals surface area contributed by atoms with E-state index >= 15 is 0 Å². The van der Waals surface area contributed by atoms with Gasteiger partial charge in [-0.15, -0.1) is 21.5 Å². The lowest BCUT2D eigenvalue weighted by Gasteiger charge is -2.03. The first-order valence-electron chi connectivity index (χ1n) is 8.56. The van der Waals surface area contributed by atoms with Gasteiger partial charge < -0.3 is 0 Å². The van der Waals surface area contributed by atoms with Gasteiger partial charge in [-0.25, -0.2) is 4.98 Å². The van der Waals surface area contributed by atoms with Crippen LogP contribution in [0.4, 0.5) is 5.13 Å². The van der Waals surface area contributed by atoms with Crippen LogP contribution in [0.15, 0.2) is 59.6 Å². The van der Waals surface area contributed by atoms with E-state index in [1.54, 1.807) is 4.57 Å². The van der Waals surface area contributed by atoms with Gasteiger partial charge in [-0.05, 0) is 25.1 Å². The van der Waals surface area contributed by atoms with E-state index in [0.717, 1.165) is 16.3 Å². The van der Waals surface area contributed by atoms with Gasteiger partial charge in [0.1, 0.15) is 16.6 Å². The number of carbonyl (C=O) groups excluding carboxylic acids is 1. The first-order valence-corrected chi connectivity index (χ1v) is 10.3. The second-order valence-electron chi connectivity index (χ2n) is 5.98. The Hall–Kier alpha value is -3.61. The minimum Gasteiger partial charge on any atom is -0.297 e. The van der Waals surface area contributed by atoms with E-state index in [1.165, 1.54) is 28.7 Å². The molecule has 1 N–H and O–H groups in total. The van der Waals surface area contributed by atoms with Crippen LogP contribution in [0.3, 0.4) is 0 Å².